The fourth-order valence-electron chi connectivity index (χ4n) is 5.00. The average molecular weight is 540 g/mol. The van der Waals surface area contributed by atoms with Gasteiger partial charge in [-0.2, -0.15) is 8.42 Å². The fraction of sp³-hybridized carbons (Fsp3) is 0.688. The topological polar surface area (TPSA) is 43.4 Å². The molecule has 0 amide bonds. The minimum Gasteiger partial charge on any atom is -0.266 e. The molecule has 0 N–H and O–H groups in total. The number of rotatable bonds is 23. The summed E-state index contributed by atoms with van der Waals surface area (Å²) in [4.78, 5) is 0.272. The van der Waals surface area contributed by atoms with Crippen LogP contribution in [0.15, 0.2) is 47.4 Å². The predicted molar refractivity (Wildman–Crippen MR) is 161 cm³/mol. The van der Waals surface area contributed by atoms with Crippen molar-refractivity contribution in [1.29, 1.82) is 0 Å². The molecule has 0 aliphatic rings. The molecule has 3 nitrogen and oxygen atoms in total. The van der Waals surface area contributed by atoms with Gasteiger partial charge in [0.2, 0.25) is 0 Å². The van der Waals surface area contributed by atoms with Crippen LogP contribution in [-0.4, -0.2) is 44.6 Å². The monoisotopic (exact) mass is 539 g/mol. The van der Waals surface area contributed by atoms with Gasteiger partial charge in [0.15, 0.2) is 0 Å². The zero-order chi connectivity index (χ0) is 25.7. The van der Waals surface area contributed by atoms with E-state index in [1.807, 2.05) is 30.3 Å². The Bertz CT molecular complexity index is 908. The molecular weight excluding hydrogens is 487 g/mol. The Morgan fingerprint density at radius 2 is 0.946 bits per heavy atom. The van der Waals surface area contributed by atoms with Crippen molar-refractivity contribution in [3.05, 3.63) is 42.5 Å². The Kier molecular flexibility index (Phi) is 21.0. The quantitative estimate of drug-likeness (QED) is 0.0801. The van der Waals surface area contributed by atoms with Gasteiger partial charge in [0, 0.05) is 34.9 Å². The van der Waals surface area contributed by atoms with Crippen molar-refractivity contribution in [2.75, 3.05) is 6.61 Å². The van der Waals surface area contributed by atoms with Gasteiger partial charge in [-0.25, -0.2) is 0 Å². The second kappa shape index (κ2) is 22.4. The van der Waals surface area contributed by atoms with Crippen LogP contribution in [0.1, 0.15) is 135 Å². The number of unbranched alkanes of at least 4 members (excludes halogenated alkanes) is 19. The Morgan fingerprint density at radius 3 is 1.43 bits per heavy atom. The molecule has 0 aromatic heterocycles. The number of benzene rings is 2. The van der Waals surface area contributed by atoms with Gasteiger partial charge in [0.25, 0.3) is 10.1 Å². The van der Waals surface area contributed by atoms with Gasteiger partial charge in [-0.3, -0.25) is 4.18 Å². The molecule has 0 fully saturated rings. The minimum absolute atomic E-state index is 0. The Labute approximate surface area is 251 Å². The van der Waals surface area contributed by atoms with Crippen LogP contribution >= 0.6 is 0 Å². The van der Waals surface area contributed by atoms with Crippen LogP contribution in [-0.2, 0) is 14.3 Å². The first-order chi connectivity index (χ1) is 17.6. The molecular formula is C32H52NaO3S. The van der Waals surface area contributed by atoms with Gasteiger partial charge >= 0.3 is 0 Å². The van der Waals surface area contributed by atoms with Crippen molar-refractivity contribution in [2.45, 2.75) is 140 Å². The van der Waals surface area contributed by atoms with Crippen LogP contribution in [0.25, 0.3) is 10.8 Å². The summed E-state index contributed by atoms with van der Waals surface area (Å²) in [5, 5.41) is 1.64. The van der Waals surface area contributed by atoms with Crippen molar-refractivity contribution in [3.63, 3.8) is 0 Å². The summed E-state index contributed by atoms with van der Waals surface area (Å²) in [7, 11) is -3.71. The maximum atomic E-state index is 12.6. The summed E-state index contributed by atoms with van der Waals surface area (Å²) < 4.78 is 30.6. The van der Waals surface area contributed by atoms with Crippen molar-refractivity contribution in [2.24, 2.45) is 0 Å². The van der Waals surface area contributed by atoms with E-state index in [1.165, 1.54) is 109 Å². The van der Waals surface area contributed by atoms with Crippen molar-refractivity contribution in [1.82, 2.24) is 0 Å². The average Bonchev–Trinajstić information content (AvgIpc) is 2.89. The summed E-state index contributed by atoms with van der Waals surface area (Å²) in [5.41, 5.74) is 0. The molecule has 37 heavy (non-hydrogen) atoms. The van der Waals surface area contributed by atoms with E-state index in [-0.39, 0.29) is 41.1 Å². The fourth-order valence-corrected chi connectivity index (χ4v) is 6.17. The number of fused-ring (bicyclic) bond motifs is 1. The van der Waals surface area contributed by atoms with Gasteiger partial charge in [0.05, 0.1) is 6.61 Å². The molecule has 0 atom stereocenters. The van der Waals surface area contributed by atoms with Crippen LogP contribution in [0.4, 0.5) is 0 Å². The van der Waals surface area contributed by atoms with E-state index >= 15 is 0 Å². The predicted octanol–water partition coefficient (Wildman–Crippen LogP) is 9.99. The molecule has 0 unspecified atom stereocenters. The maximum absolute atomic E-state index is 12.6. The van der Waals surface area contributed by atoms with Crippen molar-refractivity contribution in [3.8, 4) is 0 Å². The summed E-state index contributed by atoms with van der Waals surface area (Å²) >= 11 is 0. The van der Waals surface area contributed by atoms with Crippen LogP contribution in [0.3, 0.4) is 0 Å². The van der Waals surface area contributed by atoms with Gasteiger partial charge in [-0.15, -0.1) is 0 Å². The maximum Gasteiger partial charge on any atom is 0.297 e. The molecule has 0 aliphatic heterocycles. The molecule has 205 valence electrons. The second-order valence-corrected chi connectivity index (χ2v) is 12.1. The van der Waals surface area contributed by atoms with Crippen molar-refractivity contribution >= 4 is 50.4 Å². The SMILES string of the molecule is CCCCCCCCCCCCCCCCCCCCCCOS(=O)(=O)c1cccc2ccccc12.[Na]. The van der Waals surface area contributed by atoms with Crippen LogP contribution in [0.2, 0.25) is 0 Å². The van der Waals surface area contributed by atoms with Crippen LogP contribution in [0, 0.1) is 0 Å². The molecule has 2 aromatic rings. The minimum atomic E-state index is -3.71. The van der Waals surface area contributed by atoms with Gasteiger partial charge in [0.1, 0.15) is 4.90 Å². The Morgan fingerprint density at radius 1 is 0.541 bits per heavy atom. The number of hydrogen-bond acceptors (Lipinski definition) is 3. The Balaban J connectivity index is 0.00000684. The van der Waals surface area contributed by atoms with E-state index in [4.69, 9.17) is 4.18 Å². The van der Waals surface area contributed by atoms with E-state index in [1.54, 1.807) is 12.1 Å². The van der Waals surface area contributed by atoms with E-state index in [2.05, 4.69) is 6.92 Å². The molecule has 0 bridgehead atoms. The first kappa shape index (κ1) is 34.6. The normalized spacial score (nSPS) is 11.6. The summed E-state index contributed by atoms with van der Waals surface area (Å²) in [5.74, 6) is 0. The van der Waals surface area contributed by atoms with Gasteiger partial charge in [-0.1, -0.05) is 165 Å². The third-order valence-electron chi connectivity index (χ3n) is 7.26. The molecule has 2 aromatic carbocycles. The number of hydrogen-bond donors (Lipinski definition) is 0. The third-order valence-corrected chi connectivity index (χ3v) is 8.63. The van der Waals surface area contributed by atoms with Crippen LogP contribution in [0.5, 0.6) is 0 Å². The van der Waals surface area contributed by atoms with E-state index in [9.17, 15) is 8.42 Å². The van der Waals surface area contributed by atoms with Crippen LogP contribution < -0.4 is 0 Å². The largest absolute Gasteiger partial charge is 0.297 e. The molecule has 1 radical (unpaired) electrons. The van der Waals surface area contributed by atoms with E-state index in [0.717, 1.165) is 30.0 Å². The molecule has 0 aliphatic carbocycles. The van der Waals surface area contributed by atoms with Gasteiger partial charge < -0.3 is 0 Å². The third kappa shape index (κ3) is 15.7. The molecule has 0 saturated carbocycles. The van der Waals surface area contributed by atoms with Gasteiger partial charge in [-0.05, 0) is 17.9 Å². The summed E-state index contributed by atoms with van der Waals surface area (Å²) in [6.45, 7) is 2.55. The molecule has 0 saturated heterocycles. The smallest absolute Gasteiger partial charge is 0.266 e. The molecule has 0 heterocycles. The zero-order valence-electron chi connectivity index (χ0n) is 24.0. The molecule has 0 spiro atoms. The standard InChI is InChI=1S/C32H52O3S.Na/c1-2-3-4-5-6-7-8-9-10-11-12-13-14-15-16-17-18-19-20-23-29-35-36(33,34)32-28-24-26-30-25-21-22-27-31(30)32;/h21-22,24-28H,2-20,23,29H2,1H3;. The summed E-state index contributed by atoms with van der Waals surface area (Å²) in [6, 6.07) is 12.9. The second-order valence-electron chi connectivity index (χ2n) is 10.5. The zero-order valence-corrected chi connectivity index (χ0v) is 26.8. The molecule has 2 rings (SSSR count). The summed E-state index contributed by atoms with van der Waals surface area (Å²) in [6.07, 6.45) is 26.7. The van der Waals surface area contributed by atoms with E-state index < -0.39 is 10.1 Å². The molecule has 5 heteroatoms. The van der Waals surface area contributed by atoms with E-state index in [0.29, 0.717) is 0 Å². The van der Waals surface area contributed by atoms with Crippen molar-refractivity contribution < 1.29 is 12.6 Å². The Hall–Kier alpha value is -0.390. The first-order valence-electron chi connectivity index (χ1n) is 15.0. The first-order valence-corrected chi connectivity index (χ1v) is 16.4.